The van der Waals surface area contributed by atoms with Crippen LogP contribution in [0.4, 0.5) is 5.69 Å². The molecule has 0 aromatic heterocycles. The summed E-state index contributed by atoms with van der Waals surface area (Å²) in [6.07, 6.45) is -0.616. The summed E-state index contributed by atoms with van der Waals surface area (Å²) < 4.78 is 9.92. The smallest absolute Gasteiger partial charge is 0.347 e. The Morgan fingerprint density at radius 1 is 1.10 bits per heavy atom. The van der Waals surface area contributed by atoms with Gasteiger partial charge in [0.25, 0.3) is 0 Å². The summed E-state index contributed by atoms with van der Waals surface area (Å²) >= 11 is 0. The number of anilines is 1. The third-order valence-corrected chi connectivity index (χ3v) is 4.94. The van der Waals surface area contributed by atoms with E-state index in [-0.39, 0.29) is 25.4 Å². The molecule has 0 saturated heterocycles. The van der Waals surface area contributed by atoms with Crippen molar-refractivity contribution in [2.75, 3.05) is 11.5 Å². The van der Waals surface area contributed by atoms with Gasteiger partial charge in [0, 0.05) is 18.0 Å². The molecule has 0 spiro atoms. The summed E-state index contributed by atoms with van der Waals surface area (Å²) in [6, 6.07) is 6.12. The number of carbonyl (C=O) groups is 4. The molecule has 29 heavy (non-hydrogen) atoms. The predicted octanol–water partition coefficient (Wildman–Crippen LogP) is 2.19. The van der Waals surface area contributed by atoms with E-state index in [0.29, 0.717) is 5.69 Å². The molecule has 0 fully saturated rings. The Hall–Kier alpha value is -2.90. The number of hydrogen-bond donors (Lipinski definition) is 1. The number of carbonyl (C=O) groups excluding carboxylic acids is 3. The highest BCUT2D eigenvalue weighted by molar-refractivity contribution is 6.03. The fourth-order valence-electron chi connectivity index (χ4n) is 3.42. The molecule has 158 valence electrons. The first kappa shape index (κ1) is 22.4. The molecule has 8 heteroatoms. The minimum atomic E-state index is -1.07. The van der Waals surface area contributed by atoms with Gasteiger partial charge in [-0.15, -0.1) is 0 Å². The van der Waals surface area contributed by atoms with Crippen LogP contribution in [0.25, 0.3) is 0 Å². The number of hydrogen-bond acceptors (Lipinski definition) is 6. The van der Waals surface area contributed by atoms with Gasteiger partial charge in [-0.3, -0.25) is 14.5 Å². The highest BCUT2D eigenvalue weighted by Gasteiger charge is 2.40. The fourth-order valence-corrected chi connectivity index (χ4v) is 3.42. The van der Waals surface area contributed by atoms with E-state index < -0.39 is 41.9 Å². The van der Waals surface area contributed by atoms with Crippen LogP contribution in [0.2, 0.25) is 0 Å². The Morgan fingerprint density at radius 2 is 1.76 bits per heavy atom. The van der Waals surface area contributed by atoms with Crippen LogP contribution < -0.4 is 4.90 Å². The molecular weight excluding hydrogens is 378 g/mol. The summed E-state index contributed by atoms with van der Waals surface area (Å²) in [5.74, 6) is -3.93. The third kappa shape index (κ3) is 5.13. The number of fused-ring (bicyclic) bond motifs is 1. The number of aliphatic carboxylic acids is 1. The Balaban J connectivity index is 2.04. The number of nitrogens with zero attached hydrogens (tertiary/aromatic N) is 1. The molecule has 1 aromatic rings. The molecule has 0 saturated carbocycles. The number of para-hydroxylation sites is 1. The molecule has 1 amide bonds. The molecule has 1 aliphatic rings. The van der Waals surface area contributed by atoms with Gasteiger partial charge in [0.15, 0.2) is 6.10 Å². The lowest BCUT2D eigenvalue weighted by Gasteiger charge is -2.27. The Bertz CT molecular complexity index is 791. The van der Waals surface area contributed by atoms with Crippen LogP contribution in [0.3, 0.4) is 0 Å². The van der Waals surface area contributed by atoms with E-state index in [4.69, 9.17) is 9.47 Å². The molecule has 0 radical (unpaired) electrons. The summed E-state index contributed by atoms with van der Waals surface area (Å²) in [7, 11) is 0. The average Bonchev–Trinajstić information content (AvgIpc) is 3.07. The summed E-state index contributed by atoms with van der Waals surface area (Å²) in [4.78, 5) is 49.9. The standard InChI is InChI=1S/C21H27NO7/c1-5-28-21(27)14(4)29-20(26)13(3)10-12(2)18(23)22-16-9-7-6-8-15(16)11-17(22)19(24)25/h6-9,12-14,17H,5,10-11H2,1-4H3,(H,24,25)/t12-,13-,14?,17+/m1/s1. The van der Waals surface area contributed by atoms with Crippen LogP contribution in [0.5, 0.6) is 0 Å². The Morgan fingerprint density at radius 3 is 2.38 bits per heavy atom. The normalized spacial score (nSPS) is 18.3. The Kier molecular flexibility index (Phi) is 7.36. The van der Waals surface area contributed by atoms with Gasteiger partial charge < -0.3 is 14.6 Å². The van der Waals surface area contributed by atoms with Crippen LogP contribution in [0, 0.1) is 11.8 Å². The van der Waals surface area contributed by atoms with Gasteiger partial charge in [-0.1, -0.05) is 32.0 Å². The molecule has 1 N–H and O–H groups in total. The monoisotopic (exact) mass is 405 g/mol. The molecule has 1 aromatic carbocycles. The molecule has 1 heterocycles. The summed E-state index contributed by atoms with van der Waals surface area (Å²) in [5, 5.41) is 9.54. The van der Waals surface area contributed by atoms with Gasteiger partial charge in [0.05, 0.1) is 12.5 Å². The number of esters is 2. The van der Waals surface area contributed by atoms with E-state index in [2.05, 4.69) is 0 Å². The first-order valence-electron chi connectivity index (χ1n) is 9.68. The number of rotatable bonds is 8. The van der Waals surface area contributed by atoms with Gasteiger partial charge in [0.2, 0.25) is 5.91 Å². The minimum absolute atomic E-state index is 0.165. The van der Waals surface area contributed by atoms with Crippen molar-refractivity contribution in [2.45, 2.75) is 52.7 Å². The van der Waals surface area contributed by atoms with Gasteiger partial charge in [-0.2, -0.15) is 0 Å². The topological polar surface area (TPSA) is 110 Å². The van der Waals surface area contributed by atoms with Gasteiger partial charge in [0.1, 0.15) is 6.04 Å². The first-order valence-corrected chi connectivity index (χ1v) is 9.68. The van der Waals surface area contributed by atoms with E-state index >= 15 is 0 Å². The van der Waals surface area contributed by atoms with Crippen molar-refractivity contribution < 1.29 is 33.8 Å². The lowest BCUT2D eigenvalue weighted by Crippen LogP contribution is -2.45. The molecule has 1 unspecified atom stereocenters. The number of carboxylic acids is 1. The zero-order chi connectivity index (χ0) is 21.7. The number of amides is 1. The van der Waals surface area contributed by atoms with E-state index in [1.165, 1.54) is 11.8 Å². The van der Waals surface area contributed by atoms with Crippen molar-refractivity contribution >= 4 is 29.5 Å². The fraction of sp³-hybridized carbons (Fsp3) is 0.524. The van der Waals surface area contributed by atoms with Crippen molar-refractivity contribution in [3.05, 3.63) is 29.8 Å². The largest absolute Gasteiger partial charge is 0.480 e. The first-order chi connectivity index (χ1) is 13.7. The minimum Gasteiger partial charge on any atom is -0.480 e. The van der Waals surface area contributed by atoms with Gasteiger partial charge >= 0.3 is 17.9 Å². The SMILES string of the molecule is CCOC(=O)C(C)OC(=O)[C@H](C)C[C@@H](C)C(=O)N1c2ccccc2C[C@H]1C(=O)O. The quantitative estimate of drug-likeness (QED) is 0.660. The molecule has 2 rings (SSSR count). The second kappa shape index (κ2) is 9.54. The van der Waals surface area contributed by atoms with Crippen LogP contribution in [-0.2, 0) is 35.1 Å². The second-order valence-electron chi connectivity index (χ2n) is 7.26. The highest BCUT2D eigenvalue weighted by Crippen LogP contribution is 2.34. The zero-order valence-electron chi connectivity index (χ0n) is 17.1. The number of carboxylic acid groups (broad SMARTS) is 1. The number of ether oxygens (including phenoxy) is 2. The summed E-state index contributed by atoms with van der Waals surface area (Å²) in [5.41, 5.74) is 1.39. The van der Waals surface area contributed by atoms with Crippen molar-refractivity contribution in [3.8, 4) is 0 Å². The molecule has 0 aliphatic carbocycles. The molecule has 4 atom stereocenters. The van der Waals surface area contributed by atoms with Crippen molar-refractivity contribution in [2.24, 2.45) is 11.8 Å². The van der Waals surface area contributed by atoms with Crippen LogP contribution in [0.15, 0.2) is 24.3 Å². The van der Waals surface area contributed by atoms with E-state index in [9.17, 15) is 24.3 Å². The molecule has 8 nitrogen and oxygen atoms in total. The van der Waals surface area contributed by atoms with Gasteiger partial charge in [-0.05, 0) is 31.9 Å². The van der Waals surface area contributed by atoms with E-state index in [0.717, 1.165) is 5.56 Å². The van der Waals surface area contributed by atoms with Crippen molar-refractivity contribution in [1.82, 2.24) is 0 Å². The van der Waals surface area contributed by atoms with Gasteiger partial charge in [-0.25, -0.2) is 9.59 Å². The average molecular weight is 405 g/mol. The second-order valence-corrected chi connectivity index (χ2v) is 7.26. The predicted molar refractivity (Wildman–Crippen MR) is 104 cm³/mol. The van der Waals surface area contributed by atoms with Crippen molar-refractivity contribution in [3.63, 3.8) is 0 Å². The van der Waals surface area contributed by atoms with Crippen molar-refractivity contribution in [1.29, 1.82) is 0 Å². The zero-order valence-corrected chi connectivity index (χ0v) is 17.1. The number of benzene rings is 1. The van der Waals surface area contributed by atoms with E-state index in [1.807, 2.05) is 0 Å². The molecule has 1 aliphatic heterocycles. The van der Waals surface area contributed by atoms with Crippen LogP contribution in [-0.4, -0.2) is 47.7 Å². The lowest BCUT2D eigenvalue weighted by molar-refractivity contribution is -0.168. The maximum absolute atomic E-state index is 13.0. The summed E-state index contributed by atoms with van der Waals surface area (Å²) in [6.45, 7) is 6.53. The molecular formula is C21H27NO7. The molecule has 0 bridgehead atoms. The van der Waals surface area contributed by atoms with E-state index in [1.54, 1.807) is 45.0 Å². The third-order valence-electron chi connectivity index (χ3n) is 4.94. The maximum Gasteiger partial charge on any atom is 0.347 e. The highest BCUT2D eigenvalue weighted by atomic mass is 16.6. The van der Waals surface area contributed by atoms with Crippen LogP contribution in [0.1, 0.15) is 39.7 Å². The van der Waals surface area contributed by atoms with Crippen LogP contribution >= 0.6 is 0 Å². The maximum atomic E-state index is 13.0. The lowest BCUT2D eigenvalue weighted by atomic mass is 9.95. The Labute approximate surface area is 169 Å².